The minimum absolute atomic E-state index is 0.0670. The summed E-state index contributed by atoms with van der Waals surface area (Å²) < 4.78 is 8.27. The molecule has 5 rings (SSSR count). The van der Waals surface area contributed by atoms with Gasteiger partial charge in [0.05, 0.1) is 6.10 Å². The second kappa shape index (κ2) is 7.95. The number of β-amino-alcohol motifs (C(OH)–C–C–N with tert-alkyl or cyclic N) is 1. The molecule has 0 spiro atoms. The van der Waals surface area contributed by atoms with Crippen LogP contribution in [0, 0.1) is 0 Å². The van der Waals surface area contributed by atoms with Crippen molar-refractivity contribution >= 4 is 33.0 Å². The van der Waals surface area contributed by atoms with Gasteiger partial charge in [0.25, 0.3) is 5.56 Å². The molecule has 0 radical (unpaired) electrons. The topological polar surface area (TPSA) is 54.7 Å². The molecule has 0 saturated carbocycles. The third kappa shape index (κ3) is 3.64. The van der Waals surface area contributed by atoms with Crippen LogP contribution in [0.5, 0.6) is 0 Å². The SMILES string of the molecule is COC1(n2ccc3cc(-c4ccc(Cl)cc4)sc3c2=O)C=CC(N2CC[C@@H](O)C2)=CC1. The number of halogens is 1. The van der Waals surface area contributed by atoms with Crippen molar-refractivity contribution in [2.24, 2.45) is 0 Å². The summed E-state index contributed by atoms with van der Waals surface area (Å²) in [7, 11) is 1.63. The highest BCUT2D eigenvalue weighted by Crippen LogP contribution is 2.35. The number of benzene rings is 1. The zero-order valence-electron chi connectivity index (χ0n) is 17.1. The Morgan fingerprint density at radius 2 is 2.06 bits per heavy atom. The maximum atomic E-state index is 13.4. The summed E-state index contributed by atoms with van der Waals surface area (Å²) in [5.74, 6) is 0. The molecule has 3 heterocycles. The molecular formula is C24H23ClN2O3S. The predicted octanol–water partition coefficient (Wildman–Crippen LogP) is 4.59. The van der Waals surface area contributed by atoms with Gasteiger partial charge < -0.3 is 14.7 Å². The van der Waals surface area contributed by atoms with E-state index in [4.69, 9.17) is 16.3 Å². The number of aliphatic hydroxyl groups is 1. The second-order valence-electron chi connectivity index (χ2n) is 8.00. The molecule has 3 aromatic rings. The van der Waals surface area contributed by atoms with E-state index in [9.17, 15) is 9.90 Å². The highest BCUT2D eigenvalue weighted by Gasteiger charge is 2.33. The summed E-state index contributed by atoms with van der Waals surface area (Å²) in [5, 5.41) is 11.4. The average Bonchev–Trinajstić information content (AvgIpc) is 3.42. The zero-order valence-corrected chi connectivity index (χ0v) is 18.7. The summed E-state index contributed by atoms with van der Waals surface area (Å²) in [6.45, 7) is 1.48. The molecule has 1 unspecified atom stereocenters. The third-order valence-electron chi connectivity index (χ3n) is 6.11. The lowest BCUT2D eigenvalue weighted by Gasteiger charge is -2.34. The van der Waals surface area contributed by atoms with Gasteiger partial charge in [0, 0.05) is 53.8 Å². The van der Waals surface area contributed by atoms with Crippen LogP contribution in [0.3, 0.4) is 0 Å². The van der Waals surface area contributed by atoms with E-state index in [1.807, 2.05) is 54.7 Å². The first-order valence-electron chi connectivity index (χ1n) is 10.3. The number of methoxy groups -OCH3 is 1. The molecular weight excluding hydrogens is 432 g/mol. The first-order chi connectivity index (χ1) is 15.0. The van der Waals surface area contributed by atoms with Gasteiger partial charge in [-0.15, -0.1) is 11.3 Å². The number of ether oxygens (including phenoxy) is 1. The van der Waals surface area contributed by atoms with Gasteiger partial charge in [0.2, 0.25) is 0 Å². The molecule has 1 aliphatic carbocycles. The Labute approximate surface area is 189 Å². The van der Waals surface area contributed by atoms with Crippen molar-refractivity contribution in [2.75, 3.05) is 20.2 Å². The molecule has 5 nitrogen and oxygen atoms in total. The summed E-state index contributed by atoms with van der Waals surface area (Å²) >= 11 is 7.49. The van der Waals surface area contributed by atoms with E-state index in [0.717, 1.165) is 34.5 Å². The number of aromatic nitrogens is 1. The monoisotopic (exact) mass is 454 g/mol. The van der Waals surface area contributed by atoms with Crippen LogP contribution < -0.4 is 5.56 Å². The van der Waals surface area contributed by atoms with E-state index < -0.39 is 5.72 Å². The van der Waals surface area contributed by atoms with Gasteiger partial charge in [-0.25, -0.2) is 0 Å². The van der Waals surface area contributed by atoms with E-state index in [-0.39, 0.29) is 11.7 Å². The molecule has 2 aromatic heterocycles. The normalized spacial score (nSPS) is 23.5. The van der Waals surface area contributed by atoms with Crippen LogP contribution in [0.25, 0.3) is 20.5 Å². The van der Waals surface area contributed by atoms with Crippen LogP contribution in [0.4, 0.5) is 0 Å². The Morgan fingerprint density at radius 1 is 1.26 bits per heavy atom. The Hall–Kier alpha value is -2.38. The number of hydrogen-bond donors (Lipinski definition) is 1. The number of fused-ring (bicyclic) bond motifs is 1. The van der Waals surface area contributed by atoms with Gasteiger partial charge in [-0.05, 0) is 48.4 Å². The van der Waals surface area contributed by atoms with Gasteiger partial charge in [0.15, 0.2) is 5.72 Å². The Balaban J connectivity index is 1.50. The largest absolute Gasteiger partial charge is 0.391 e. The summed E-state index contributed by atoms with van der Waals surface area (Å²) in [5.41, 5.74) is 1.18. The standard InChI is InChI=1S/C24H23ClN2O3S/c1-30-24(10-6-19(7-11-24)26-12-9-20(28)15-26)27-13-8-17-14-21(31-22(17)23(27)29)16-2-4-18(25)5-3-16/h2-8,10,13-14,20,28H,9,11-12,15H2,1H3/t20-,24?/m1/s1. The van der Waals surface area contributed by atoms with Crippen LogP contribution in [0.15, 0.2) is 71.3 Å². The molecule has 2 aliphatic rings. The second-order valence-corrected chi connectivity index (χ2v) is 9.49. The number of likely N-dealkylation sites (tertiary alicyclic amines) is 1. The van der Waals surface area contributed by atoms with Crippen LogP contribution in [0.2, 0.25) is 5.02 Å². The van der Waals surface area contributed by atoms with Crippen molar-refractivity contribution in [1.29, 1.82) is 0 Å². The number of allylic oxidation sites excluding steroid dienone is 1. The Kier molecular flexibility index (Phi) is 5.26. The molecule has 1 aliphatic heterocycles. The number of pyridine rings is 1. The molecule has 1 N–H and O–H groups in total. The molecule has 1 aromatic carbocycles. The van der Waals surface area contributed by atoms with Crippen LogP contribution >= 0.6 is 22.9 Å². The summed E-state index contributed by atoms with van der Waals surface area (Å²) in [6, 6.07) is 11.7. The fourth-order valence-corrected chi connectivity index (χ4v) is 5.54. The van der Waals surface area contributed by atoms with Crippen molar-refractivity contribution in [1.82, 2.24) is 9.47 Å². The zero-order chi connectivity index (χ0) is 21.6. The number of nitrogens with zero attached hydrogens (tertiary/aromatic N) is 2. The van der Waals surface area contributed by atoms with E-state index in [1.54, 1.807) is 11.7 Å². The molecule has 7 heteroatoms. The Bertz CT molecular complexity index is 1240. The van der Waals surface area contributed by atoms with Crippen molar-refractivity contribution in [3.05, 3.63) is 81.9 Å². The minimum atomic E-state index is -0.864. The van der Waals surface area contributed by atoms with Crippen molar-refractivity contribution in [2.45, 2.75) is 24.7 Å². The van der Waals surface area contributed by atoms with Gasteiger partial charge >= 0.3 is 0 Å². The highest BCUT2D eigenvalue weighted by atomic mass is 35.5. The van der Waals surface area contributed by atoms with Crippen LogP contribution in [0.1, 0.15) is 12.8 Å². The minimum Gasteiger partial charge on any atom is -0.391 e. The first-order valence-corrected chi connectivity index (χ1v) is 11.5. The molecule has 0 amide bonds. The van der Waals surface area contributed by atoms with E-state index >= 15 is 0 Å². The molecule has 31 heavy (non-hydrogen) atoms. The highest BCUT2D eigenvalue weighted by molar-refractivity contribution is 7.22. The number of thiophene rings is 1. The molecule has 0 bridgehead atoms. The first kappa shape index (κ1) is 20.5. The maximum absolute atomic E-state index is 13.4. The van der Waals surface area contributed by atoms with Gasteiger partial charge in [-0.1, -0.05) is 29.8 Å². The number of hydrogen-bond acceptors (Lipinski definition) is 5. The van der Waals surface area contributed by atoms with Gasteiger partial charge in [-0.2, -0.15) is 0 Å². The molecule has 2 atom stereocenters. The number of aliphatic hydroxyl groups excluding tert-OH is 1. The van der Waals surface area contributed by atoms with E-state index in [0.29, 0.717) is 22.7 Å². The Morgan fingerprint density at radius 3 is 2.71 bits per heavy atom. The predicted molar refractivity (Wildman–Crippen MR) is 126 cm³/mol. The number of rotatable bonds is 4. The summed E-state index contributed by atoms with van der Waals surface area (Å²) in [6.07, 6.45) is 8.90. The average molecular weight is 455 g/mol. The van der Waals surface area contributed by atoms with E-state index in [1.165, 1.54) is 11.3 Å². The fourth-order valence-electron chi connectivity index (χ4n) is 4.32. The van der Waals surface area contributed by atoms with Crippen molar-refractivity contribution in [3.8, 4) is 10.4 Å². The smallest absolute Gasteiger partial charge is 0.271 e. The quantitative estimate of drug-likeness (QED) is 0.626. The third-order valence-corrected chi connectivity index (χ3v) is 7.55. The molecule has 1 fully saturated rings. The lowest BCUT2D eigenvalue weighted by atomic mass is 10.0. The van der Waals surface area contributed by atoms with Crippen LogP contribution in [-0.2, 0) is 10.5 Å². The van der Waals surface area contributed by atoms with Crippen molar-refractivity contribution < 1.29 is 9.84 Å². The lowest BCUT2D eigenvalue weighted by molar-refractivity contribution is -0.0359. The van der Waals surface area contributed by atoms with Gasteiger partial charge in [0.1, 0.15) is 4.70 Å². The molecule has 160 valence electrons. The fraction of sp³-hybridized carbons (Fsp3) is 0.292. The van der Waals surface area contributed by atoms with Crippen molar-refractivity contribution in [3.63, 3.8) is 0 Å². The van der Waals surface area contributed by atoms with Gasteiger partial charge in [-0.3, -0.25) is 9.36 Å². The maximum Gasteiger partial charge on any atom is 0.271 e. The van der Waals surface area contributed by atoms with Crippen LogP contribution in [-0.4, -0.2) is 40.9 Å². The lowest BCUT2D eigenvalue weighted by Crippen LogP contribution is -2.42. The molecule has 1 saturated heterocycles. The summed E-state index contributed by atoms with van der Waals surface area (Å²) in [4.78, 5) is 16.6. The van der Waals surface area contributed by atoms with E-state index in [2.05, 4.69) is 11.0 Å².